The van der Waals surface area contributed by atoms with Crippen molar-refractivity contribution >= 4 is 40.2 Å². The summed E-state index contributed by atoms with van der Waals surface area (Å²) in [6.07, 6.45) is 3.78. The van der Waals surface area contributed by atoms with Gasteiger partial charge in [0.05, 0.1) is 11.6 Å². The van der Waals surface area contributed by atoms with Crippen molar-refractivity contribution in [3.63, 3.8) is 0 Å². The van der Waals surface area contributed by atoms with Crippen LogP contribution in [0, 0.1) is 0 Å². The maximum absolute atomic E-state index is 4.51. The zero-order valence-electron chi connectivity index (χ0n) is 11.8. The van der Waals surface area contributed by atoms with E-state index in [1.807, 2.05) is 19.1 Å². The average molecular weight is 300 g/mol. The van der Waals surface area contributed by atoms with Crippen LogP contribution in [0.3, 0.4) is 0 Å². The topological polar surface area (TPSA) is 78.5 Å². The van der Waals surface area contributed by atoms with Gasteiger partial charge in [0.25, 0.3) is 0 Å². The van der Waals surface area contributed by atoms with Gasteiger partial charge in [-0.15, -0.1) is 11.8 Å². The summed E-state index contributed by atoms with van der Waals surface area (Å²) in [5.74, 6) is 1.32. The Kier molecular flexibility index (Phi) is 3.92. The molecule has 3 rings (SSSR count). The van der Waals surface area contributed by atoms with Gasteiger partial charge in [0.15, 0.2) is 5.65 Å². The number of nitrogens with one attached hydrogen (secondary N) is 3. The summed E-state index contributed by atoms with van der Waals surface area (Å²) in [6.45, 7) is 2.77. The third kappa shape index (κ3) is 2.92. The molecule has 0 atom stereocenters. The van der Waals surface area contributed by atoms with E-state index in [1.165, 1.54) is 4.90 Å². The lowest BCUT2D eigenvalue weighted by Crippen LogP contribution is -2.04. The number of fused-ring (bicyclic) bond motifs is 1. The van der Waals surface area contributed by atoms with Crippen molar-refractivity contribution in [2.24, 2.45) is 0 Å². The Balaban J connectivity index is 1.99. The van der Waals surface area contributed by atoms with Crippen LogP contribution < -0.4 is 10.6 Å². The predicted octanol–water partition coefficient (Wildman–Crippen LogP) is 3.25. The molecule has 6 nitrogen and oxygen atoms in total. The molecule has 0 unspecified atom stereocenters. The smallest absolute Gasteiger partial charge is 0.226 e. The molecule has 2 aromatic heterocycles. The van der Waals surface area contributed by atoms with Crippen LogP contribution in [0.5, 0.6) is 0 Å². The van der Waals surface area contributed by atoms with Gasteiger partial charge in [-0.05, 0) is 31.4 Å². The predicted molar refractivity (Wildman–Crippen MR) is 87.4 cm³/mol. The highest BCUT2D eigenvalue weighted by atomic mass is 32.2. The van der Waals surface area contributed by atoms with Crippen LogP contribution in [0.4, 0.5) is 17.5 Å². The standard InChI is InChI=1S/C14H16N6S/c1-3-15-14-18-12(11-8-16-20-13(11)19-14)17-9-5-4-6-10(7-9)21-2/h4-8H,3H2,1-2H3,(H3,15,16,17,18,19,20). The Labute approximate surface area is 126 Å². The molecule has 0 radical (unpaired) electrons. The van der Waals surface area contributed by atoms with Gasteiger partial charge < -0.3 is 10.6 Å². The van der Waals surface area contributed by atoms with Crippen LogP contribution >= 0.6 is 11.8 Å². The minimum atomic E-state index is 0.581. The second-order valence-electron chi connectivity index (χ2n) is 4.42. The highest BCUT2D eigenvalue weighted by Crippen LogP contribution is 2.26. The summed E-state index contributed by atoms with van der Waals surface area (Å²) in [4.78, 5) is 10.1. The molecule has 0 aliphatic rings. The lowest BCUT2D eigenvalue weighted by molar-refractivity contribution is 1.07. The third-order valence-electron chi connectivity index (χ3n) is 2.98. The summed E-state index contributed by atoms with van der Waals surface area (Å²) in [6, 6.07) is 8.20. The minimum absolute atomic E-state index is 0.581. The third-order valence-corrected chi connectivity index (χ3v) is 3.70. The molecule has 0 saturated heterocycles. The molecule has 0 spiro atoms. The van der Waals surface area contributed by atoms with Gasteiger partial charge in [-0.25, -0.2) is 0 Å². The fourth-order valence-corrected chi connectivity index (χ4v) is 2.46. The lowest BCUT2D eigenvalue weighted by Gasteiger charge is -2.09. The van der Waals surface area contributed by atoms with Gasteiger partial charge in [-0.3, -0.25) is 5.10 Å². The van der Waals surface area contributed by atoms with E-state index < -0.39 is 0 Å². The quantitative estimate of drug-likeness (QED) is 0.628. The molecule has 3 aromatic rings. The maximum atomic E-state index is 4.51. The van der Waals surface area contributed by atoms with E-state index in [-0.39, 0.29) is 0 Å². The molecule has 7 heteroatoms. The van der Waals surface area contributed by atoms with E-state index in [2.05, 4.69) is 49.2 Å². The van der Waals surface area contributed by atoms with E-state index in [1.54, 1.807) is 18.0 Å². The lowest BCUT2D eigenvalue weighted by atomic mass is 10.3. The van der Waals surface area contributed by atoms with Crippen LogP contribution in [0.25, 0.3) is 11.0 Å². The number of hydrogen-bond acceptors (Lipinski definition) is 6. The molecule has 0 bridgehead atoms. The monoisotopic (exact) mass is 300 g/mol. The Hall–Kier alpha value is -2.28. The van der Waals surface area contributed by atoms with E-state index in [9.17, 15) is 0 Å². The molecule has 21 heavy (non-hydrogen) atoms. The molecule has 0 aliphatic heterocycles. The van der Waals surface area contributed by atoms with Gasteiger partial charge in [0.1, 0.15) is 5.82 Å². The maximum Gasteiger partial charge on any atom is 0.226 e. The molecule has 108 valence electrons. The molecular formula is C14H16N6S. The second-order valence-corrected chi connectivity index (χ2v) is 5.30. The SMILES string of the molecule is CCNc1nc(Nc2cccc(SC)c2)c2cn[nH]c2n1. The van der Waals surface area contributed by atoms with Gasteiger partial charge in [0.2, 0.25) is 5.95 Å². The van der Waals surface area contributed by atoms with E-state index in [0.29, 0.717) is 11.6 Å². The summed E-state index contributed by atoms with van der Waals surface area (Å²) in [5, 5.41) is 14.3. The van der Waals surface area contributed by atoms with Crippen molar-refractivity contribution in [2.75, 3.05) is 23.4 Å². The Morgan fingerprint density at radius 2 is 2.19 bits per heavy atom. The number of aromatic nitrogens is 4. The fourth-order valence-electron chi connectivity index (χ4n) is 2.00. The van der Waals surface area contributed by atoms with E-state index in [4.69, 9.17) is 0 Å². The number of aromatic amines is 1. The minimum Gasteiger partial charge on any atom is -0.354 e. The van der Waals surface area contributed by atoms with Gasteiger partial charge in [-0.2, -0.15) is 15.1 Å². The first kappa shape index (κ1) is 13.7. The fraction of sp³-hybridized carbons (Fsp3) is 0.214. The normalized spacial score (nSPS) is 10.8. The first-order chi connectivity index (χ1) is 10.3. The number of rotatable bonds is 5. The average Bonchev–Trinajstić information content (AvgIpc) is 2.96. The zero-order valence-corrected chi connectivity index (χ0v) is 12.7. The van der Waals surface area contributed by atoms with Crippen molar-refractivity contribution in [2.45, 2.75) is 11.8 Å². The van der Waals surface area contributed by atoms with Crippen molar-refractivity contribution in [1.29, 1.82) is 0 Å². The molecule has 0 fully saturated rings. The molecule has 0 saturated carbocycles. The molecular weight excluding hydrogens is 284 g/mol. The summed E-state index contributed by atoms with van der Waals surface area (Å²) < 4.78 is 0. The van der Waals surface area contributed by atoms with Crippen LogP contribution in [-0.2, 0) is 0 Å². The zero-order chi connectivity index (χ0) is 14.7. The number of anilines is 3. The van der Waals surface area contributed by atoms with Crippen LogP contribution in [0.2, 0.25) is 0 Å². The first-order valence-corrected chi connectivity index (χ1v) is 7.88. The molecule has 3 N–H and O–H groups in total. The van der Waals surface area contributed by atoms with Crippen molar-refractivity contribution in [1.82, 2.24) is 20.2 Å². The second kappa shape index (κ2) is 6.01. The van der Waals surface area contributed by atoms with E-state index in [0.717, 1.165) is 23.4 Å². The number of nitrogens with zero attached hydrogens (tertiary/aromatic N) is 3. The van der Waals surface area contributed by atoms with Gasteiger partial charge >= 0.3 is 0 Å². The van der Waals surface area contributed by atoms with Crippen LogP contribution in [0.1, 0.15) is 6.92 Å². The molecule has 2 heterocycles. The Morgan fingerprint density at radius 3 is 3.00 bits per heavy atom. The highest BCUT2D eigenvalue weighted by Gasteiger charge is 2.09. The molecule has 0 amide bonds. The Morgan fingerprint density at radius 1 is 1.29 bits per heavy atom. The van der Waals surface area contributed by atoms with E-state index >= 15 is 0 Å². The van der Waals surface area contributed by atoms with Crippen molar-refractivity contribution in [3.05, 3.63) is 30.5 Å². The highest BCUT2D eigenvalue weighted by molar-refractivity contribution is 7.98. The van der Waals surface area contributed by atoms with Crippen LogP contribution in [0.15, 0.2) is 35.4 Å². The molecule has 1 aromatic carbocycles. The van der Waals surface area contributed by atoms with Gasteiger partial charge in [-0.1, -0.05) is 6.07 Å². The number of hydrogen-bond donors (Lipinski definition) is 3. The summed E-state index contributed by atoms with van der Waals surface area (Å²) in [7, 11) is 0. The van der Waals surface area contributed by atoms with Gasteiger partial charge in [0, 0.05) is 17.1 Å². The molecule has 0 aliphatic carbocycles. The van der Waals surface area contributed by atoms with Crippen molar-refractivity contribution < 1.29 is 0 Å². The summed E-state index contributed by atoms with van der Waals surface area (Å²) in [5.41, 5.74) is 1.70. The number of thioether (sulfide) groups is 1. The Bertz CT molecular complexity index is 754. The first-order valence-electron chi connectivity index (χ1n) is 6.66. The number of benzene rings is 1. The van der Waals surface area contributed by atoms with Crippen LogP contribution in [-0.4, -0.2) is 33.0 Å². The summed E-state index contributed by atoms with van der Waals surface area (Å²) >= 11 is 1.71. The van der Waals surface area contributed by atoms with Crippen molar-refractivity contribution in [3.8, 4) is 0 Å². The largest absolute Gasteiger partial charge is 0.354 e. The number of H-pyrrole nitrogens is 1.